The van der Waals surface area contributed by atoms with Crippen molar-refractivity contribution in [3.8, 4) is 0 Å². The Bertz CT molecular complexity index is 504. The zero-order chi connectivity index (χ0) is 14.5. The first-order valence-corrected chi connectivity index (χ1v) is 6.55. The summed E-state index contributed by atoms with van der Waals surface area (Å²) in [7, 11) is 1.33. The molecule has 3 N–H and O–H groups in total. The van der Waals surface area contributed by atoms with Gasteiger partial charge in [-0.25, -0.2) is 4.79 Å². The SMILES string of the molecule is COC(=O)NC1CCN(C(=O)Cc2cccc(N)c2)C1. The van der Waals surface area contributed by atoms with Crippen molar-refractivity contribution in [2.45, 2.75) is 18.9 Å². The number of nitrogens with two attached hydrogens (primary N) is 1. The Kier molecular flexibility index (Phi) is 4.45. The van der Waals surface area contributed by atoms with Crippen molar-refractivity contribution in [2.24, 2.45) is 0 Å². The van der Waals surface area contributed by atoms with Crippen LogP contribution in [0.2, 0.25) is 0 Å². The molecule has 1 heterocycles. The number of anilines is 1. The third-order valence-electron chi connectivity index (χ3n) is 3.35. The summed E-state index contributed by atoms with van der Waals surface area (Å²) in [4.78, 5) is 25.0. The predicted molar refractivity (Wildman–Crippen MR) is 75.1 cm³/mol. The van der Waals surface area contributed by atoms with Gasteiger partial charge in [0.05, 0.1) is 19.6 Å². The molecular formula is C14H19N3O3. The molecule has 1 unspecified atom stereocenters. The van der Waals surface area contributed by atoms with Crippen molar-refractivity contribution in [3.05, 3.63) is 29.8 Å². The van der Waals surface area contributed by atoms with E-state index >= 15 is 0 Å². The molecule has 20 heavy (non-hydrogen) atoms. The molecule has 6 nitrogen and oxygen atoms in total. The van der Waals surface area contributed by atoms with Crippen molar-refractivity contribution in [3.63, 3.8) is 0 Å². The molecule has 1 aromatic carbocycles. The van der Waals surface area contributed by atoms with E-state index < -0.39 is 6.09 Å². The van der Waals surface area contributed by atoms with Crippen LogP contribution in [0.5, 0.6) is 0 Å². The number of ether oxygens (including phenoxy) is 1. The number of amides is 2. The molecule has 0 bridgehead atoms. The van der Waals surface area contributed by atoms with Crippen molar-refractivity contribution < 1.29 is 14.3 Å². The van der Waals surface area contributed by atoms with Crippen molar-refractivity contribution in [1.29, 1.82) is 0 Å². The summed E-state index contributed by atoms with van der Waals surface area (Å²) in [5.41, 5.74) is 7.25. The second kappa shape index (κ2) is 6.27. The van der Waals surface area contributed by atoms with E-state index in [4.69, 9.17) is 5.73 Å². The fraction of sp³-hybridized carbons (Fsp3) is 0.429. The van der Waals surface area contributed by atoms with Crippen LogP contribution in [0.15, 0.2) is 24.3 Å². The highest BCUT2D eigenvalue weighted by atomic mass is 16.5. The normalized spacial score (nSPS) is 17.9. The average molecular weight is 277 g/mol. The van der Waals surface area contributed by atoms with Gasteiger partial charge in [0.2, 0.25) is 5.91 Å². The molecule has 0 saturated carbocycles. The van der Waals surface area contributed by atoms with Gasteiger partial charge < -0.3 is 20.7 Å². The predicted octanol–water partition coefficient (Wildman–Crippen LogP) is 0.768. The number of hydrogen-bond donors (Lipinski definition) is 2. The number of alkyl carbamates (subject to hydrolysis) is 1. The number of carbonyl (C=O) groups is 2. The molecule has 1 aliphatic rings. The summed E-state index contributed by atoms with van der Waals surface area (Å²) >= 11 is 0. The molecule has 0 aromatic heterocycles. The molecule has 6 heteroatoms. The Labute approximate surface area is 117 Å². The van der Waals surface area contributed by atoms with Crippen molar-refractivity contribution in [1.82, 2.24) is 10.2 Å². The van der Waals surface area contributed by atoms with Crippen LogP contribution in [0, 0.1) is 0 Å². The monoisotopic (exact) mass is 277 g/mol. The van der Waals surface area contributed by atoms with Crippen molar-refractivity contribution >= 4 is 17.7 Å². The Morgan fingerprint density at radius 3 is 3.00 bits per heavy atom. The first-order chi connectivity index (χ1) is 9.58. The van der Waals surface area contributed by atoms with E-state index in [2.05, 4.69) is 10.1 Å². The van der Waals surface area contributed by atoms with Crippen LogP contribution >= 0.6 is 0 Å². The van der Waals surface area contributed by atoms with E-state index in [0.29, 0.717) is 25.2 Å². The van der Waals surface area contributed by atoms with E-state index in [1.807, 2.05) is 12.1 Å². The minimum atomic E-state index is -0.458. The molecular weight excluding hydrogens is 258 g/mol. The number of hydrogen-bond acceptors (Lipinski definition) is 4. The molecule has 1 fully saturated rings. The van der Waals surface area contributed by atoms with Crippen molar-refractivity contribution in [2.75, 3.05) is 25.9 Å². The maximum absolute atomic E-state index is 12.2. The summed E-state index contributed by atoms with van der Waals surface area (Å²) in [6.45, 7) is 1.17. The summed E-state index contributed by atoms with van der Waals surface area (Å²) in [5, 5.41) is 2.71. The largest absolute Gasteiger partial charge is 0.453 e. The lowest BCUT2D eigenvalue weighted by Gasteiger charge is -2.17. The first-order valence-electron chi connectivity index (χ1n) is 6.55. The summed E-state index contributed by atoms with van der Waals surface area (Å²) in [6.07, 6.45) is 0.619. The highest BCUT2D eigenvalue weighted by Crippen LogP contribution is 2.13. The second-order valence-electron chi connectivity index (χ2n) is 4.88. The van der Waals surface area contributed by atoms with Gasteiger partial charge in [-0.05, 0) is 24.1 Å². The number of likely N-dealkylation sites (tertiary alicyclic amines) is 1. The first kappa shape index (κ1) is 14.2. The maximum atomic E-state index is 12.2. The molecule has 0 radical (unpaired) electrons. The third kappa shape index (κ3) is 3.63. The zero-order valence-corrected chi connectivity index (χ0v) is 11.5. The molecule has 2 rings (SSSR count). The summed E-state index contributed by atoms with van der Waals surface area (Å²) in [5.74, 6) is 0.0461. The highest BCUT2D eigenvalue weighted by Gasteiger charge is 2.27. The Balaban J connectivity index is 1.87. The Morgan fingerprint density at radius 2 is 2.30 bits per heavy atom. The van der Waals surface area contributed by atoms with Crippen LogP contribution in [0.4, 0.5) is 10.5 Å². The van der Waals surface area contributed by atoms with Gasteiger partial charge >= 0.3 is 6.09 Å². The van der Waals surface area contributed by atoms with Gasteiger partial charge in [-0.3, -0.25) is 4.79 Å². The number of nitrogens with zero attached hydrogens (tertiary/aromatic N) is 1. The lowest BCUT2D eigenvalue weighted by Crippen LogP contribution is -2.38. The fourth-order valence-electron chi connectivity index (χ4n) is 2.32. The Morgan fingerprint density at radius 1 is 1.50 bits per heavy atom. The molecule has 1 saturated heterocycles. The molecule has 108 valence electrons. The number of carbonyl (C=O) groups excluding carboxylic acids is 2. The number of rotatable bonds is 3. The van der Waals surface area contributed by atoms with Crippen LogP contribution in [0.3, 0.4) is 0 Å². The minimum absolute atomic E-state index is 0.0350. The smallest absolute Gasteiger partial charge is 0.407 e. The topological polar surface area (TPSA) is 84.7 Å². The van der Waals surface area contributed by atoms with Crippen LogP contribution < -0.4 is 11.1 Å². The lowest BCUT2D eigenvalue weighted by molar-refractivity contribution is -0.129. The van der Waals surface area contributed by atoms with Gasteiger partial charge in [-0.1, -0.05) is 12.1 Å². The van der Waals surface area contributed by atoms with Gasteiger partial charge in [0.25, 0.3) is 0 Å². The zero-order valence-electron chi connectivity index (χ0n) is 11.5. The van der Waals surface area contributed by atoms with E-state index in [1.165, 1.54) is 7.11 Å². The number of nitrogens with one attached hydrogen (secondary N) is 1. The fourth-order valence-corrected chi connectivity index (χ4v) is 2.32. The van der Waals surface area contributed by atoms with Crippen LogP contribution in [-0.4, -0.2) is 43.1 Å². The summed E-state index contributed by atoms with van der Waals surface area (Å²) < 4.78 is 4.55. The average Bonchev–Trinajstić information content (AvgIpc) is 2.87. The second-order valence-corrected chi connectivity index (χ2v) is 4.88. The van der Waals surface area contributed by atoms with E-state index in [0.717, 1.165) is 12.0 Å². The van der Waals surface area contributed by atoms with Gasteiger partial charge in [0.15, 0.2) is 0 Å². The van der Waals surface area contributed by atoms with Gasteiger partial charge in [0, 0.05) is 18.8 Å². The maximum Gasteiger partial charge on any atom is 0.407 e. The van der Waals surface area contributed by atoms with Crippen LogP contribution in [0.1, 0.15) is 12.0 Å². The quantitative estimate of drug-likeness (QED) is 0.799. The molecule has 1 atom stereocenters. The molecule has 1 aliphatic heterocycles. The number of benzene rings is 1. The molecule has 0 aliphatic carbocycles. The van der Waals surface area contributed by atoms with Gasteiger partial charge in [-0.2, -0.15) is 0 Å². The lowest BCUT2D eigenvalue weighted by atomic mass is 10.1. The van der Waals surface area contributed by atoms with Gasteiger partial charge in [0.1, 0.15) is 0 Å². The number of nitrogen functional groups attached to an aromatic ring is 1. The van der Waals surface area contributed by atoms with Gasteiger partial charge in [-0.15, -0.1) is 0 Å². The Hall–Kier alpha value is -2.24. The number of methoxy groups -OCH3 is 1. The van der Waals surface area contributed by atoms with E-state index in [9.17, 15) is 9.59 Å². The summed E-state index contributed by atoms with van der Waals surface area (Å²) in [6, 6.07) is 7.28. The molecule has 1 aromatic rings. The molecule has 2 amide bonds. The van der Waals surface area contributed by atoms with Crippen LogP contribution in [0.25, 0.3) is 0 Å². The van der Waals surface area contributed by atoms with E-state index in [1.54, 1.807) is 17.0 Å². The van der Waals surface area contributed by atoms with Crippen LogP contribution in [-0.2, 0) is 16.0 Å². The standard InChI is InChI=1S/C14H19N3O3/c1-20-14(19)16-12-5-6-17(9-12)13(18)8-10-3-2-4-11(15)7-10/h2-4,7,12H,5-6,8-9,15H2,1H3,(H,16,19). The third-order valence-corrected chi connectivity index (χ3v) is 3.35. The minimum Gasteiger partial charge on any atom is -0.453 e. The highest BCUT2D eigenvalue weighted by molar-refractivity contribution is 5.79. The molecule has 0 spiro atoms. The van der Waals surface area contributed by atoms with E-state index in [-0.39, 0.29) is 11.9 Å².